The van der Waals surface area contributed by atoms with Crippen molar-refractivity contribution in [2.45, 2.75) is 13.1 Å². The van der Waals surface area contributed by atoms with E-state index in [9.17, 15) is 9.59 Å². The summed E-state index contributed by atoms with van der Waals surface area (Å²) in [6.45, 7) is 0.472. The normalized spacial score (nSPS) is 10.8. The Hall–Kier alpha value is -2.73. The van der Waals surface area contributed by atoms with Crippen molar-refractivity contribution in [3.63, 3.8) is 0 Å². The summed E-state index contributed by atoms with van der Waals surface area (Å²) < 4.78 is 1.54. The number of carbonyl (C=O) groups is 1. The molecule has 0 aliphatic carbocycles. The van der Waals surface area contributed by atoms with E-state index in [1.165, 1.54) is 10.9 Å². The molecule has 0 aliphatic heterocycles. The second kappa shape index (κ2) is 6.80. The van der Waals surface area contributed by atoms with Gasteiger partial charge in [-0.2, -0.15) is 5.10 Å². The molecule has 0 saturated carbocycles. The van der Waals surface area contributed by atoms with E-state index < -0.39 is 0 Å². The molecule has 0 atom stereocenters. The van der Waals surface area contributed by atoms with Crippen LogP contribution in [0.2, 0.25) is 5.15 Å². The first-order valence-corrected chi connectivity index (χ1v) is 7.71. The van der Waals surface area contributed by atoms with Crippen molar-refractivity contribution in [2.75, 3.05) is 7.05 Å². The fourth-order valence-electron chi connectivity index (χ4n) is 2.40. The zero-order chi connectivity index (χ0) is 17.1. The molecule has 0 unspecified atom stereocenters. The largest absolute Gasteiger partial charge is 0.340 e. The van der Waals surface area contributed by atoms with Gasteiger partial charge in [0.15, 0.2) is 0 Å². The highest BCUT2D eigenvalue weighted by atomic mass is 35.5. The number of likely N-dealkylation sites (N-methyl/N-ethyl adjacent to an activating group) is 1. The standard InChI is InChI=1S/C17H15ClN4O2/c1-21(10-12-6-7-16(18)19-8-12)17(24)11-22-14-5-3-2-4-13(14)15(23)9-20-22/h2-9H,10-11H2,1H3. The van der Waals surface area contributed by atoms with E-state index in [1.807, 2.05) is 12.1 Å². The monoisotopic (exact) mass is 342 g/mol. The summed E-state index contributed by atoms with van der Waals surface area (Å²) in [7, 11) is 1.71. The summed E-state index contributed by atoms with van der Waals surface area (Å²) in [5, 5.41) is 5.03. The lowest BCUT2D eigenvalue weighted by molar-refractivity contribution is -0.131. The third-order valence-corrected chi connectivity index (χ3v) is 3.90. The molecule has 0 fully saturated rings. The van der Waals surface area contributed by atoms with Crippen LogP contribution in [0.5, 0.6) is 0 Å². The van der Waals surface area contributed by atoms with Gasteiger partial charge >= 0.3 is 0 Å². The van der Waals surface area contributed by atoms with Gasteiger partial charge < -0.3 is 4.90 Å². The Kier molecular flexibility index (Phi) is 4.57. The Balaban J connectivity index is 1.78. The molecular weight excluding hydrogens is 328 g/mol. The number of benzene rings is 1. The lowest BCUT2D eigenvalue weighted by Crippen LogP contribution is -2.31. The van der Waals surface area contributed by atoms with E-state index in [-0.39, 0.29) is 17.9 Å². The maximum absolute atomic E-state index is 12.5. The second-order valence-corrected chi connectivity index (χ2v) is 5.81. The predicted molar refractivity (Wildman–Crippen MR) is 91.7 cm³/mol. The average Bonchev–Trinajstić information content (AvgIpc) is 2.59. The van der Waals surface area contributed by atoms with Gasteiger partial charge in [0, 0.05) is 25.2 Å². The van der Waals surface area contributed by atoms with Gasteiger partial charge in [0.05, 0.1) is 11.7 Å². The molecule has 0 N–H and O–H groups in total. The highest BCUT2D eigenvalue weighted by molar-refractivity contribution is 6.29. The molecule has 0 saturated heterocycles. The molecule has 3 aromatic rings. The van der Waals surface area contributed by atoms with E-state index in [0.29, 0.717) is 22.6 Å². The van der Waals surface area contributed by atoms with Crippen molar-refractivity contribution in [1.29, 1.82) is 0 Å². The summed E-state index contributed by atoms with van der Waals surface area (Å²) in [5.74, 6) is -0.119. The Bertz CT molecular complexity index is 937. The van der Waals surface area contributed by atoms with Gasteiger partial charge in [-0.1, -0.05) is 29.8 Å². The van der Waals surface area contributed by atoms with Crippen molar-refractivity contribution in [2.24, 2.45) is 0 Å². The maximum atomic E-state index is 12.5. The highest BCUT2D eigenvalue weighted by Gasteiger charge is 2.12. The lowest BCUT2D eigenvalue weighted by atomic mass is 10.2. The molecule has 0 spiro atoms. The number of amides is 1. The highest BCUT2D eigenvalue weighted by Crippen LogP contribution is 2.10. The van der Waals surface area contributed by atoms with Crippen LogP contribution in [-0.2, 0) is 17.9 Å². The van der Waals surface area contributed by atoms with Crippen LogP contribution >= 0.6 is 11.6 Å². The SMILES string of the molecule is CN(Cc1ccc(Cl)nc1)C(=O)Cn1ncc(=O)c2ccccc21. The molecule has 1 amide bonds. The summed E-state index contributed by atoms with van der Waals surface area (Å²) in [4.78, 5) is 29.9. The Morgan fingerprint density at radius 3 is 2.75 bits per heavy atom. The van der Waals surface area contributed by atoms with Crippen LogP contribution in [0.3, 0.4) is 0 Å². The molecule has 2 aromatic heterocycles. The summed E-state index contributed by atoms with van der Waals surface area (Å²) in [6.07, 6.45) is 2.87. The van der Waals surface area contributed by atoms with E-state index in [0.717, 1.165) is 5.56 Å². The van der Waals surface area contributed by atoms with Crippen molar-refractivity contribution in [1.82, 2.24) is 19.7 Å². The minimum absolute atomic E-state index is 0.0539. The number of nitrogens with zero attached hydrogens (tertiary/aromatic N) is 4. The van der Waals surface area contributed by atoms with Gasteiger partial charge in [-0.25, -0.2) is 4.98 Å². The first kappa shape index (κ1) is 16.1. The molecule has 1 aromatic carbocycles. The number of para-hydroxylation sites is 1. The van der Waals surface area contributed by atoms with Crippen molar-refractivity contribution >= 4 is 28.4 Å². The fraction of sp³-hybridized carbons (Fsp3) is 0.176. The van der Waals surface area contributed by atoms with E-state index >= 15 is 0 Å². The van der Waals surface area contributed by atoms with Crippen LogP contribution in [0.1, 0.15) is 5.56 Å². The number of carbonyl (C=O) groups excluding carboxylic acids is 1. The number of fused-ring (bicyclic) bond motifs is 1. The van der Waals surface area contributed by atoms with Gasteiger partial charge in [-0.15, -0.1) is 0 Å². The van der Waals surface area contributed by atoms with E-state index in [1.54, 1.807) is 42.4 Å². The van der Waals surface area contributed by atoms with E-state index in [2.05, 4.69) is 10.1 Å². The van der Waals surface area contributed by atoms with Gasteiger partial charge in [-0.3, -0.25) is 14.3 Å². The van der Waals surface area contributed by atoms with Crippen LogP contribution in [-0.4, -0.2) is 32.6 Å². The van der Waals surface area contributed by atoms with Gasteiger partial charge in [0.1, 0.15) is 11.7 Å². The van der Waals surface area contributed by atoms with Gasteiger partial charge in [0.25, 0.3) is 0 Å². The number of halogens is 1. The first-order chi connectivity index (χ1) is 11.5. The molecule has 122 valence electrons. The number of hydrogen-bond donors (Lipinski definition) is 0. The third-order valence-electron chi connectivity index (χ3n) is 3.68. The minimum Gasteiger partial charge on any atom is -0.340 e. The average molecular weight is 343 g/mol. The van der Waals surface area contributed by atoms with E-state index in [4.69, 9.17) is 11.6 Å². The Morgan fingerprint density at radius 2 is 2.00 bits per heavy atom. The van der Waals surface area contributed by atoms with Crippen molar-refractivity contribution in [3.05, 3.63) is 69.7 Å². The number of rotatable bonds is 4. The van der Waals surface area contributed by atoms with Crippen LogP contribution in [0.25, 0.3) is 10.9 Å². The van der Waals surface area contributed by atoms with Gasteiger partial charge in [0.2, 0.25) is 11.3 Å². The zero-order valence-corrected chi connectivity index (χ0v) is 13.8. The zero-order valence-electron chi connectivity index (χ0n) is 13.0. The van der Waals surface area contributed by atoms with Crippen LogP contribution < -0.4 is 5.43 Å². The maximum Gasteiger partial charge on any atom is 0.244 e. The Morgan fingerprint density at radius 1 is 1.21 bits per heavy atom. The van der Waals surface area contributed by atoms with Crippen LogP contribution in [0.4, 0.5) is 0 Å². The number of pyridine rings is 1. The molecule has 2 heterocycles. The Labute approximate surface area is 143 Å². The minimum atomic E-state index is -0.158. The van der Waals surface area contributed by atoms with Crippen LogP contribution in [0.15, 0.2) is 53.6 Å². The molecule has 0 aliphatic rings. The molecule has 7 heteroatoms. The van der Waals surface area contributed by atoms with Crippen molar-refractivity contribution in [3.8, 4) is 0 Å². The third kappa shape index (κ3) is 3.44. The first-order valence-electron chi connectivity index (χ1n) is 7.34. The molecular formula is C17H15ClN4O2. The molecule has 0 bridgehead atoms. The number of hydrogen-bond acceptors (Lipinski definition) is 4. The molecule has 3 rings (SSSR count). The summed E-state index contributed by atoms with van der Waals surface area (Å²) in [6, 6.07) is 10.6. The second-order valence-electron chi connectivity index (χ2n) is 5.42. The van der Waals surface area contributed by atoms with Crippen molar-refractivity contribution < 1.29 is 4.79 Å². The fourth-order valence-corrected chi connectivity index (χ4v) is 2.51. The lowest BCUT2D eigenvalue weighted by Gasteiger charge is -2.18. The quantitative estimate of drug-likeness (QED) is 0.681. The van der Waals surface area contributed by atoms with Gasteiger partial charge in [-0.05, 0) is 23.8 Å². The topological polar surface area (TPSA) is 68.1 Å². The smallest absolute Gasteiger partial charge is 0.244 e. The summed E-state index contributed by atoms with van der Waals surface area (Å²) in [5.41, 5.74) is 1.36. The molecule has 24 heavy (non-hydrogen) atoms. The molecule has 6 nitrogen and oxygen atoms in total. The number of aromatic nitrogens is 3. The predicted octanol–water partition coefficient (Wildman–Crippen LogP) is 2.10. The summed E-state index contributed by atoms with van der Waals surface area (Å²) >= 11 is 5.76. The molecule has 0 radical (unpaired) electrons. The van der Waals surface area contributed by atoms with Crippen LogP contribution in [0, 0.1) is 0 Å².